The maximum Gasteiger partial charge on any atom is 0.109 e. The average molecular weight is 268 g/mol. The first-order valence-electron chi connectivity index (χ1n) is 7.01. The first-order chi connectivity index (χ1) is 9.62. The van der Waals surface area contributed by atoms with Crippen molar-refractivity contribution in [2.24, 2.45) is 9.98 Å². The molecule has 0 bridgehead atoms. The minimum atomic E-state index is 0.986. The monoisotopic (exact) mass is 268 g/mol. The molecular weight excluding hydrogens is 244 g/mol. The summed E-state index contributed by atoms with van der Waals surface area (Å²) in [6, 6.07) is 8.73. The van der Waals surface area contributed by atoms with Crippen LogP contribution in [-0.4, -0.2) is 19.1 Å². The van der Waals surface area contributed by atoms with Gasteiger partial charge in [0.1, 0.15) is 6.34 Å². The van der Waals surface area contributed by atoms with E-state index in [2.05, 4.69) is 67.2 Å². The molecule has 1 rings (SSSR count). The van der Waals surface area contributed by atoms with Gasteiger partial charge >= 0.3 is 0 Å². The van der Waals surface area contributed by atoms with Crippen molar-refractivity contribution < 1.29 is 0 Å². The van der Waals surface area contributed by atoms with E-state index in [1.165, 1.54) is 16.7 Å². The van der Waals surface area contributed by atoms with Crippen molar-refractivity contribution in [2.75, 3.05) is 7.05 Å². The first-order valence-corrected chi connectivity index (χ1v) is 7.01. The molecule has 1 aromatic rings. The molecular formula is C18H24N2. The van der Waals surface area contributed by atoms with E-state index in [1.54, 1.807) is 13.4 Å². The van der Waals surface area contributed by atoms with Crippen LogP contribution in [0.15, 0.2) is 52.0 Å². The summed E-state index contributed by atoms with van der Waals surface area (Å²) in [5.41, 5.74) is 5.95. The molecule has 0 aliphatic carbocycles. The first kappa shape index (κ1) is 16.1. The van der Waals surface area contributed by atoms with Gasteiger partial charge < -0.3 is 0 Å². The third kappa shape index (κ3) is 4.61. The van der Waals surface area contributed by atoms with E-state index in [0.29, 0.717) is 0 Å². The van der Waals surface area contributed by atoms with Gasteiger partial charge in [-0.1, -0.05) is 37.3 Å². The Labute approximate surface area is 122 Å². The van der Waals surface area contributed by atoms with Crippen molar-refractivity contribution >= 4 is 17.6 Å². The number of allylic oxidation sites excluding steroid dienone is 4. The standard InChI is InChI=1S/C18H24N2/c1-6-16-8-10-18(11-9-16)17(7-2)12-14(3)15(4)20-13-19-5/h7-13H,6H2,1-5H3/b14-12+,17-7+,19-13?,20-15?. The number of nitrogens with zero attached hydrogens (tertiary/aromatic N) is 2. The predicted molar refractivity (Wildman–Crippen MR) is 90.8 cm³/mol. The van der Waals surface area contributed by atoms with Gasteiger partial charge in [0.05, 0.1) is 0 Å². The number of benzene rings is 1. The Morgan fingerprint density at radius 2 is 1.80 bits per heavy atom. The molecule has 0 spiro atoms. The quantitative estimate of drug-likeness (QED) is 0.419. The van der Waals surface area contributed by atoms with E-state index in [4.69, 9.17) is 0 Å². The van der Waals surface area contributed by atoms with E-state index < -0.39 is 0 Å². The summed E-state index contributed by atoms with van der Waals surface area (Å²) >= 11 is 0. The molecule has 1 aromatic carbocycles. The fraction of sp³-hybridized carbons (Fsp3) is 0.333. The SMILES string of the molecule is C/C=C(\C=C(/C)C(C)=NC=NC)c1ccc(CC)cc1. The second-order valence-corrected chi connectivity index (χ2v) is 4.71. The van der Waals surface area contributed by atoms with Gasteiger partial charge in [0.2, 0.25) is 0 Å². The molecule has 2 heteroatoms. The van der Waals surface area contributed by atoms with Crippen LogP contribution in [0.4, 0.5) is 0 Å². The van der Waals surface area contributed by atoms with Crippen LogP contribution in [0.2, 0.25) is 0 Å². The molecule has 0 aliphatic heterocycles. The summed E-state index contributed by atoms with van der Waals surface area (Å²) in [5, 5.41) is 0. The summed E-state index contributed by atoms with van der Waals surface area (Å²) in [6.07, 6.45) is 6.95. The Bertz CT molecular complexity index is 543. The van der Waals surface area contributed by atoms with Crippen LogP contribution in [0, 0.1) is 0 Å². The zero-order valence-corrected chi connectivity index (χ0v) is 13.1. The van der Waals surface area contributed by atoms with Crippen molar-refractivity contribution in [1.82, 2.24) is 0 Å². The Morgan fingerprint density at radius 3 is 2.30 bits per heavy atom. The normalized spacial score (nSPS) is 14.2. The largest absolute Gasteiger partial charge is 0.277 e. The highest BCUT2D eigenvalue weighted by Gasteiger charge is 2.01. The van der Waals surface area contributed by atoms with Crippen LogP contribution in [0.1, 0.15) is 38.8 Å². The van der Waals surface area contributed by atoms with Crippen molar-refractivity contribution in [3.8, 4) is 0 Å². The number of hydrogen-bond acceptors (Lipinski definition) is 1. The van der Waals surface area contributed by atoms with Crippen LogP contribution < -0.4 is 0 Å². The van der Waals surface area contributed by atoms with Gasteiger partial charge in [-0.25, -0.2) is 4.99 Å². The molecule has 0 radical (unpaired) electrons. The van der Waals surface area contributed by atoms with Crippen LogP contribution in [0.3, 0.4) is 0 Å². The average Bonchev–Trinajstić information content (AvgIpc) is 2.50. The maximum atomic E-state index is 4.28. The summed E-state index contributed by atoms with van der Waals surface area (Å²) in [6.45, 7) is 8.31. The van der Waals surface area contributed by atoms with E-state index in [-0.39, 0.29) is 0 Å². The van der Waals surface area contributed by atoms with Crippen molar-refractivity contribution in [3.05, 3.63) is 53.1 Å². The molecule has 0 saturated carbocycles. The second kappa shape index (κ2) is 8.26. The van der Waals surface area contributed by atoms with E-state index in [9.17, 15) is 0 Å². The Morgan fingerprint density at radius 1 is 1.15 bits per heavy atom. The molecule has 0 fully saturated rings. The third-order valence-electron chi connectivity index (χ3n) is 3.32. The zero-order valence-electron chi connectivity index (χ0n) is 13.1. The van der Waals surface area contributed by atoms with E-state index in [0.717, 1.165) is 17.7 Å². The van der Waals surface area contributed by atoms with Crippen molar-refractivity contribution in [2.45, 2.75) is 34.1 Å². The molecule has 0 atom stereocenters. The summed E-state index contributed by atoms with van der Waals surface area (Å²) in [4.78, 5) is 8.16. The molecule has 0 heterocycles. The van der Waals surface area contributed by atoms with Crippen LogP contribution in [0.25, 0.3) is 5.57 Å². The molecule has 0 aromatic heterocycles. The number of aryl methyl sites for hydroxylation is 1. The number of hydrogen-bond donors (Lipinski definition) is 0. The highest BCUT2D eigenvalue weighted by molar-refractivity contribution is 6.03. The molecule has 0 unspecified atom stereocenters. The highest BCUT2D eigenvalue weighted by atomic mass is 14.8. The molecule has 0 aliphatic rings. The van der Waals surface area contributed by atoms with Gasteiger partial charge in [0.25, 0.3) is 0 Å². The number of rotatable bonds is 5. The lowest BCUT2D eigenvalue weighted by molar-refractivity contribution is 1.14. The highest BCUT2D eigenvalue weighted by Crippen LogP contribution is 2.19. The Balaban J connectivity index is 3.02. The lowest BCUT2D eigenvalue weighted by atomic mass is 10.00. The van der Waals surface area contributed by atoms with Crippen LogP contribution >= 0.6 is 0 Å². The van der Waals surface area contributed by atoms with Gasteiger partial charge in [-0.3, -0.25) is 4.99 Å². The molecule has 0 saturated heterocycles. The van der Waals surface area contributed by atoms with Crippen molar-refractivity contribution in [3.63, 3.8) is 0 Å². The van der Waals surface area contributed by atoms with Crippen molar-refractivity contribution in [1.29, 1.82) is 0 Å². The second-order valence-electron chi connectivity index (χ2n) is 4.71. The van der Waals surface area contributed by atoms with Gasteiger partial charge in [-0.2, -0.15) is 0 Å². The predicted octanol–water partition coefficient (Wildman–Crippen LogP) is 4.72. The molecule has 20 heavy (non-hydrogen) atoms. The minimum absolute atomic E-state index is 0.986. The fourth-order valence-electron chi connectivity index (χ4n) is 1.85. The lowest BCUT2D eigenvalue weighted by Crippen LogP contribution is -1.95. The van der Waals surface area contributed by atoms with Gasteiger partial charge in [-0.15, -0.1) is 0 Å². The van der Waals surface area contributed by atoms with Gasteiger partial charge in [-0.05, 0) is 55.5 Å². The van der Waals surface area contributed by atoms with E-state index >= 15 is 0 Å². The Hall–Kier alpha value is -1.96. The number of aliphatic imine (C=N–C) groups is 2. The Kier molecular flexibility index (Phi) is 6.65. The molecule has 106 valence electrons. The lowest BCUT2D eigenvalue weighted by Gasteiger charge is -2.06. The summed E-state index contributed by atoms with van der Waals surface area (Å²) in [7, 11) is 1.72. The summed E-state index contributed by atoms with van der Waals surface area (Å²) < 4.78 is 0. The fourth-order valence-corrected chi connectivity index (χ4v) is 1.85. The van der Waals surface area contributed by atoms with E-state index in [1.807, 2.05) is 6.92 Å². The van der Waals surface area contributed by atoms with Gasteiger partial charge in [0, 0.05) is 12.8 Å². The van der Waals surface area contributed by atoms with Crippen LogP contribution in [-0.2, 0) is 6.42 Å². The summed E-state index contributed by atoms with van der Waals surface area (Å²) in [5.74, 6) is 0. The smallest absolute Gasteiger partial charge is 0.109 e. The van der Waals surface area contributed by atoms with Gasteiger partial charge in [0.15, 0.2) is 0 Å². The third-order valence-corrected chi connectivity index (χ3v) is 3.32. The molecule has 2 nitrogen and oxygen atoms in total. The zero-order chi connectivity index (χ0) is 15.0. The molecule has 0 N–H and O–H groups in total. The topological polar surface area (TPSA) is 24.7 Å². The minimum Gasteiger partial charge on any atom is -0.277 e. The maximum absolute atomic E-state index is 4.28. The van der Waals surface area contributed by atoms with Crippen LogP contribution in [0.5, 0.6) is 0 Å². The molecule has 0 amide bonds.